The standard InChI is InChI=1S/C16H27NO3/c18-13-16(17-11-7-2-1-3-8-12-17)10-6-4-5-9-14(19)15(16)20/h18H,1-13H2. The Hall–Kier alpha value is -0.740. The summed E-state index contributed by atoms with van der Waals surface area (Å²) in [5, 5.41) is 9.95. The van der Waals surface area contributed by atoms with E-state index in [1.807, 2.05) is 0 Å². The van der Waals surface area contributed by atoms with Gasteiger partial charge in [-0.2, -0.15) is 0 Å². The van der Waals surface area contributed by atoms with E-state index >= 15 is 0 Å². The second-order valence-corrected chi connectivity index (χ2v) is 6.26. The predicted octanol–water partition coefficient (Wildman–Crippen LogP) is 2.09. The van der Waals surface area contributed by atoms with Crippen LogP contribution in [0.25, 0.3) is 0 Å². The molecule has 2 fully saturated rings. The van der Waals surface area contributed by atoms with Crippen LogP contribution >= 0.6 is 0 Å². The van der Waals surface area contributed by atoms with Crippen LogP contribution in [0, 0.1) is 0 Å². The summed E-state index contributed by atoms with van der Waals surface area (Å²) < 4.78 is 0. The number of hydrogen-bond acceptors (Lipinski definition) is 4. The van der Waals surface area contributed by atoms with Crippen molar-refractivity contribution in [1.29, 1.82) is 0 Å². The van der Waals surface area contributed by atoms with E-state index in [1.165, 1.54) is 19.3 Å². The maximum atomic E-state index is 12.6. The average Bonchev–Trinajstić information content (AvgIpc) is 2.41. The van der Waals surface area contributed by atoms with E-state index in [-0.39, 0.29) is 18.2 Å². The zero-order valence-corrected chi connectivity index (χ0v) is 12.4. The van der Waals surface area contributed by atoms with Gasteiger partial charge in [0.15, 0.2) is 5.78 Å². The van der Waals surface area contributed by atoms with Crippen molar-refractivity contribution in [2.24, 2.45) is 0 Å². The van der Waals surface area contributed by atoms with Gasteiger partial charge in [-0.25, -0.2) is 0 Å². The number of likely N-dealkylation sites (tertiary alicyclic amines) is 1. The van der Waals surface area contributed by atoms with Crippen molar-refractivity contribution < 1.29 is 14.7 Å². The van der Waals surface area contributed by atoms with Gasteiger partial charge >= 0.3 is 0 Å². The van der Waals surface area contributed by atoms with Crippen LogP contribution in [0.1, 0.15) is 64.2 Å². The molecule has 0 aromatic carbocycles. The molecule has 4 heteroatoms. The molecule has 1 heterocycles. The fraction of sp³-hybridized carbons (Fsp3) is 0.875. The third kappa shape index (κ3) is 3.29. The molecule has 1 saturated heterocycles. The lowest BCUT2D eigenvalue weighted by Crippen LogP contribution is -2.60. The predicted molar refractivity (Wildman–Crippen MR) is 77.6 cm³/mol. The van der Waals surface area contributed by atoms with E-state index in [2.05, 4.69) is 4.90 Å². The van der Waals surface area contributed by atoms with Crippen molar-refractivity contribution in [2.75, 3.05) is 19.7 Å². The van der Waals surface area contributed by atoms with Gasteiger partial charge in [0.05, 0.1) is 6.61 Å². The van der Waals surface area contributed by atoms with E-state index in [4.69, 9.17) is 0 Å². The summed E-state index contributed by atoms with van der Waals surface area (Å²) in [4.78, 5) is 26.8. The van der Waals surface area contributed by atoms with Gasteiger partial charge in [0, 0.05) is 6.42 Å². The third-order valence-corrected chi connectivity index (χ3v) is 4.89. The average molecular weight is 281 g/mol. The normalized spacial score (nSPS) is 31.2. The lowest BCUT2D eigenvalue weighted by atomic mass is 9.80. The fourth-order valence-electron chi connectivity index (χ4n) is 3.59. The summed E-state index contributed by atoms with van der Waals surface area (Å²) in [6, 6.07) is 0. The second kappa shape index (κ2) is 7.32. The first-order valence-corrected chi connectivity index (χ1v) is 8.14. The first-order chi connectivity index (χ1) is 9.70. The second-order valence-electron chi connectivity index (χ2n) is 6.26. The molecule has 0 radical (unpaired) electrons. The molecule has 114 valence electrons. The summed E-state index contributed by atoms with van der Waals surface area (Å²) >= 11 is 0. The largest absolute Gasteiger partial charge is 0.394 e. The van der Waals surface area contributed by atoms with Gasteiger partial charge in [-0.05, 0) is 38.8 Å². The van der Waals surface area contributed by atoms with Crippen LogP contribution in [-0.2, 0) is 9.59 Å². The minimum atomic E-state index is -0.922. The van der Waals surface area contributed by atoms with Crippen LogP contribution in [0.4, 0.5) is 0 Å². The highest BCUT2D eigenvalue weighted by Gasteiger charge is 2.45. The molecule has 0 amide bonds. The summed E-state index contributed by atoms with van der Waals surface area (Å²) in [6.07, 6.45) is 9.44. The Morgan fingerprint density at radius 3 is 2.15 bits per heavy atom. The summed E-state index contributed by atoms with van der Waals surface area (Å²) in [5.74, 6) is -0.610. The van der Waals surface area contributed by atoms with Gasteiger partial charge in [0.1, 0.15) is 5.54 Å². The molecule has 1 unspecified atom stereocenters. The minimum Gasteiger partial charge on any atom is -0.394 e. The molecule has 0 aromatic heterocycles. The topological polar surface area (TPSA) is 57.6 Å². The number of aliphatic hydroxyl groups is 1. The van der Waals surface area contributed by atoms with E-state index in [1.54, 1.807) is 0 Å². The van der Waals surface area contributed by atoms with Gasteiger partial charge in [0.2, 0.25) is 5.78 Å². The monoisotopic (exact) mass is 281 g/mol. The number of carbonyl (C=O) groups is 2. The molecule has 20 heavy (non-hydrogen) atoms. The molecule has 0 spiro atoms. The van der Waals surface area contributed by atoms with Crippen molar-refractivity contribution in [3.63, 3.8) is 0 Å². The number of carbonyl (C=O) groups excluding carboxylic acids is 2. The molecule has 0 aromatic rings. The molecule has 1 N–H and O–H groups in total. The molecule has 2 aliphatic rings. The molecule has 1 aliphatic heterocycles. The highest BCUT2D eigenvalue weighted by atomic mass is 16.3. The Morgan fingerprint density at radius 2 is 1.50 bits per heavy atom. The molecular weight excluding hydrogens is 254 g/mol. The Morgan fingerprint density at radius 1 is 0.900 bits per heavy atom. The van der Waals surface area contributed by atoms with Crippen molar-refractivity contribution in [2.45, 2.75) is 69.7 Å². The lowest BCUT2D eigenvalue weighted by Gasteiger charge is -2.42. The van der Waals surface area contributed by atoms with Crippen LogP contribution in [0.3, 0.4) is 0 Å². The van der Waals surface area contributed by atoms with Crippen LogP contribution in [-0.4, -0.2) is 46.8 Å². The molecular formula is C16H27NO3. The smallest absolute Gasteiger partial charge is 0.220 e. The van der Waals surface area contributed by atoms with Gasteiger partial charge in [-0.15, -0.1) is 0 Å². The zero-order chi connectivity index (χ0) is 14.4. The van der Waals surface area contributed by atoms with Crippen LogP contribution in [0.5, 0.6) is 0 Å². The third-order valence-electron chi connectivity index (χ3n) is 4.89. The van der Waals surface area contributed by atoms with E-state index in [0.717, 1.165) is 45.2 Å². The number of hydrogen-bond donors (Lipinski definition) is 1. The number of Topliss-reactive ketones (excluding diaryl/α,β-unsaturated/α-hetero) is 2. The molecule has 1 aliphatic carbocycles. The van der Waals surface area contributed by atoms with Crippen LogP contribution in [0.15, 0.2) is 0 Å². The van der Waals surface area contributed by atoms with Crippen molar-refractivity contribution in [3.8, 4) is 0 Å². The molecule has 0 bridgehead atoms. The van der Waals surface area contributed by atoms with E-state index < -0.39 is 5.54 Å². The summed E-state index contributed by atoms with van der Waals surface area (Å²) in [5.41, 5.74) is -0.922. The summed E-state index contributed by atoms with van der Waals surface area (Å²) in [7, 11) is 0. The Kier molecular flexibility index (Phi) is 5.73. The van der Waals surface area contributed by atoms with Crippen LogP contribution in [0.2, 0.25) is 0 Å². The zero-order valence-electron chi connectivity index (χ0n) is 12.4. The van der Waals surface area contributed by atoms with Gasteiger partial charge in [-0.3, -0.25) is 14.5 Å². The van der Waals surface area contributed by atoms with Gasteiger partial charge in [0.25, 0.3) is 0 Å². The molecule has 2 rings (SSSR count). The maximum absolute atomic E-state index is 12.6. The van der Waals surface area contributed by atoms with Crippen molar-refractivity contribution >= 4 is 11.6 Å². The molecule has 1 atom stereocenters. The van der Waals surface area contributed by atoms with Gasteiger partial charge < -0.3 is 5.11 Å². The first kappa shape index (κ1) is 15.6. The Labute approximate surface area is 121 Å². The van der Waals surface area contributed by atoms with Gasteiger partial charge in [-0.1, -0.05) is 32.1 Å². The minimum absolute atomic E-state index is 0.211. The SMILES string of the molecule is O=C1CCCCCC(CO)(N2CCCCCCC2)C1=O. The van der Waals surface area contributed by atoms with E-state index in [9.17, 15) is 14.7 Å². The highest BCUT2D eigenvalue weighted by Crippen LogP contribution is 2.29. The maximum Gasteiger partial charge on any atom is 0.220 e. The highest BCUT2D eigenvalue weighted by molar-refractivity contribution is 6.40. The Bertz CT molecular complexity index is 348. The van der Waals surface area contributed by atoms with Crippen LogP contribution < -0.4 is 0 Å². The molecule has 4 nitrogen and oxygen atoms in total. The quantitative estimate of drug-likeness (QED) is 0.787. The Balaban J connectivity index is 2.22. The number of ketones is 2. The number of rotatable bonds is 2. The van der Waals surface area contributed by atoms with E-state index in [0.29, 0.717) is 12.8 Å². The van der Waals surface area contributed by atoms with Crippen molar-refractivity contribution in [3.05, 3.63) is 0 Å². The lowest BCUT2D eigenvalue weighted by molar-refractivity contribution is -0.148. The number of nitrogens with zero attached hydrogens (tertiary/aromatic N) is 1. The van der Waals surface area contributed by atoms with Crippen molar-refractivity contribution in [1.82, 2.24) is 4.90 Å². The number of aliphatic hydroxyl groups excluding tert-OH is 1. The fourth-order valence-corrected chi connectivity index (χ4v) is 3.59. The first-order valence-electron chi connectivity index (χ1n) is 8.14. The summed E-state index contributed by atoms with van der Waals surface area (Å²) in [6.45, 7) is 1.46. The molecule has 1 saturated carbocycles.